The van der Waals surface area contributed by atoms with Gasteiger partial charge in [-0.15, -0.1) is 0 Å². The molecule has 0 atom stereocenters. The van der Waals surface area contributed by atoms with Crippen molar-refractivity contribution in [1.29, 1.82) is 0 Å². The molecule has 0 spiro atoms. The quantitative estimate of drug-likeness (QED) is 0.728. The van der Waals surface area contributed by atoms with Crippen LogP contribution in [-0.4, -0.2) is 36.1 Å². The van der Waals surface area contributed by atoms with Crippen LogP contribution in [0, 0.1) is 5.82 Å². The molecule has 0 aliphatic heterocycles. The minimum atomic E-state index is -0.309. The summed E-state index contributed by atoms with van der Waals surface area (Å²) in [5.41, 5.74) is 1.09. The Hall–Kier alpha value is -2.54. The van der Waals surface area contributed by atoms with Gasteiger partial charge in [-0.1, -0.05) is 12.1 Å². The lowest BCUT2D eigenvalue weighted by Gasteiger charge is -2.07. The van der Waals surface area contributed by atoms with Crippen molar-refractivity contribution in [2.24, 2.45) is 0 Å². The van der Waals surface area contributed by atoms with Gasteiger partial charge in [-0.2, -0.15) is 0 Å². The van der Waals surface area contributed by atoms with Crippen molar-refractivity contribution in [3.8, 4) is 0 Å². The van der Waals surface area contributed by atoms with Gasteiger partial charge in [0.1, 0.15) is 11.5 Å². The molecule has 2 N–H and O–H groups in total. The van der Waals surface area contributed by atoms with Crippen molar-refractivity contribution in [2.75, 3.05) is 25.6 Å². The van der Waals surface area contributed by atoms with E-state index in [2.05, 4.69) is 20.6 Å². The van der Waals surface area contributed by atoms with Crippen molar-refractivity contribution < 1.29 is 13.9 Å². The molecule has 0 fully saturated rings. The van der Waals surface area contributed by atoms with Crippen LogP contribution >= 0.6 is 0 Å². The molecule has 1 amide bonds. The molecular weight excluding hydrogens is 299 g/mol. The van der Waals surface area contributed by atoms with Crippen LogP contribution in [-0.2, 0) is 11.3 Å². The zero-order valence-electron chi connectivity index (χ0n) is 12.9. The molecule has 0 bridgehead atoms. The molecule has 2 aromatic rings. The van der Waals surface area contributed by atoms with E-state index in [0.29, 0.717) is 25.6 Å². The lowest BCUT2D eigenvalue weighted by atomic mass is 10.2. The number of carbonyl (C=O) groups excluding carboxylic acids is 1. The van der Waals surface area contributed by atoms with Gasteiger partial charge in [0.05, 0.1) is 0 Å². The molecule has 23 heavy (non-hydrogen) atoms. The van der Waals surface area contributed by atoms with Crippen LogP contribution in [0.4, 0.5) is 10.3 Å². The Morgan fingerprint density at radius 2 is 2.04 bits per heavy atom. The van der Waals surface area contributed by atoms with E-state index in [0.717, 1.165) is 12.0 Å². The highest BCUT2D eigenvalue weighted by atomic mass is 19.1. The summed E-state index contributed by atoms with van der Waals surface area (Å²) in [6, 6.07) is 7.50. The van der Waals surface area contributed by atoms with Gasteiger partial charge in [0, 0.05) is 33.0 Å². The topological polar surface area (TPSA) is 76.1 Å². The van der Waals surface area contributed by atoms with Crippen molar-refractivity contribution in [3.05, 3.63) is 53.6 Å². The van der Waals surface area contributed by atoms with Gasteiger partial charge in [-0.25, -0.2) is 14.4 Å². The minimum absolute atomic E-state index is 0.274. The Bertz CT molecular complexity index is 634. The van der Waals surface area contributed by atoms with Crippen molar-refractivity contribution in [2.45, 2.75) is 13.0 Å². The molecule has 2 rings (SSSR count). The Labute approximate surface area is 134 Å². The van der Waals surface area contributed by atoms with Crippen LogP contribution in [0.15, 0.2) is 36.5 Å². The fourth-order valence-corrected chi connectivity index (χ4v) is 1.86. The lowest BCUT2D eigenvalue weighted by Crippen LogP contribution is -2.24. The first-order valence-corrected chi connectivity index (χ1v) is 7.27. The highest BCUT2D eigenvalue weighted by molar-refractivity contribution is 5.92. The molecule has 0 aliphatic carbocycles. The maximum Gasteiger partial charge on any atom is 0.270 e. The second kappa shape index (κ2) is 8.79. The molecule has 122 valence electrons. The largest absolute Gasteiger partial charge is 0.385 e. The number of hydrogen-bond donors (Lipinski definition) is 2. The number of carbonyl (C=O) groups is 1. The van der Waals surface area contributed by atoms with Crippen LogP contribution in [0.1, 0.15) is 22.5 Å². The summed E-state index contributed by atoms with van der Waals surface area (Å²) in [5.74, 6) is -0.215. The SMILES string of the molecule is COCCCNc1nccc(C(=O)NCc2ccc(F)cc2)n1. The number of halogens is 1. The third kappa shape index (κ3) is 5.63. The number of nitrogens with one attached hydrogen (secondary N) is 2. The predicted octanol–water partition coefficient (Wildman–Crippen LogP) is 1.99. The van der Waals surface area contributed by atoms with Gasteiger partial charge in [0.2, 0.25) is 5.95 Å². The number of anilines is 1. The van der Waals surface area contributed by atoms with E-state index in [9.17, 15) is 9.18 Å². The van der Waals surface area contributed by atoms with Gasteiger partial charge in [-0.05, 0) is 30.2 Å². The van der Waals surface area contributed by atoms with Crippen LogP contribution in [0.2, 0.25) is 0 Å². The average molecular weight is 318 g/mol. The normalized spacial score (nSPS) is 10.3. The van der Waals surface area contributed by atoms with Gasteiger partial charge in [-0.3, -0.25) is 4.79 Å². The summed E-state index contributed by atoms with van der Waals surface area (Å²) in [7, 11) is 1.64. The molecule has 0 unspecified atom stereocenters. The van der Waals surface area contributed by atoms with Gasteiger partial charge in [0.15, 0.2) is 0 Å². The smallest absolute Gasteiger partial charge is 0.270 e. The van der Waals surface area contributed by atoms with E-state index >= 15 is 0 Å². The van der Waals surface area contributed by atoms with E-state index in [-0.39, 0.29) is 17.4 Å². The van der Waals surface area contributed by atoms with E-state index in [1.54, 1.807) is 25.3 Å². The second-order valence-electron chi connectivity index (χ2n) is 4.85. The third-order valence-electron chi connectivity index (χ3n) is 3.06. The molecule has 1 heterocycles. The van der Waals surface area contributed by atoms with Gasteiger partial charge in [0.25, 0.3) is 5.91 Å². The van der Waals surface area contributed by atoms with E-state index < -0.39 is 0 Å². The number of rotatable bonds is 8. The molecular formula is C16H19FN4O2. The minimum Gasteiger partial charge on any atom is -0.385 e. The molecule has 0 aliphatic rings. The zero-order chi connectivity index (χ0) is 16.5. The first-order chi connectivity index (χ1) is 11.2. The number of ether oxygens (including phenoxy) is 1. The number of hydrogen-bond acceptors (Lipinski definition) is 5. The van der Waals surface area contributed by atoms with Gasteiger partial charge >= 0.3 is 0 Å². The predicted molar refractivity (Wildman–Crippen MR) is 84.6 cm³/mol. The molecule has 1 aromatic carbocycles. The van der Waals surface area contributed by atoms with Crippen LogP contribution in [0.5, 0.6) is 0 Å². The van der Waals surface area contributed by atoms with Crippen molar-refractivity contribution in [1.82, 2.24) is 15.3 Å². The fourth-order valence-electron chi connectivity index (χ4n) is 1.86. The number of nitrogens with zero attached hydrogens (tertiary/aromatic N) is 2. The Kier molecular flexibility index (Phi) is 6.43. The average Bonchev–Trinajstić information content (AvgIpc) is 2.58. The summed E-state index contributed by atoms with van der Waals surface area (Å²) in [4.78, 5) is 20.3. The summed E-state index contributed by atoms with van der Waals surface area (Å²) < 4.78 is 17.8. The monoisotopic (exact) mass is 318 g/mol. The Balaban J connectivity index is 1.87. The maximum atomic E-state index is 12.8. The zero-order valence-corrected chi connectivity index (χ0v) is 12.9. The summed E-state index contributed by atoms with van der Waals surface area (Å²) >= 11 is 0. The van der Waals surface area contributed by atoms with E-state index in [4.69, 9.17) is 4.74 Å². The number of aromatic nitrogens is 2. The Morgan fingerprint density at radius 1 is 1.26 bits per heavy atom. The summed E-state index contributed by atoms with van der Waals surface area (Å²) in [6.45, 7) is 1.61. The molecule has 6 nitrogen and oxygen atoms in total. The first kappa shape index (κ1) is 16.8. The maximum absolute atomic E-state index is 12.8. The van der Waals surface area contributed by atoms with Crippen molar-refractivity contribution >= 4 is 11.9 Å². The van der Waals surface area contributed by atoms with Crippen LogP contribution in [0.3, 0.4) is 0 Å². The molecule has 0 saturated carbocycles. The van der Waals surface area contributed by atoms with Crippen LogP contribution < -0.4 is 10.6 Å². The summed E-state index contributed by atoms with van der Waals surface area (Å²) in [5, 5.41) is 5.77. The second-order valence-corrected chi connectivity index (χ2v) is 4.85. The number of benzene rings is 1. The Morgan fingerprint density at radius 3 is 2.78 bits per heavy atom. The fraction of sp³-hybridized carbons (Fsp3) is 0.312. The summed E-state index contributed by atoms with van der Waals surface area (Å²) in [6.07, 6.45) is 2.35. The van der Waals surface area contributed by atoms with Gasteiger partial charge < -0.3 is 15.4 Å². The van der Waals surface area contributed by atoms with E-state index in [1.165, 1.54) is 18.3 Å². The first-order valence-electron chi connectivity index (χ1n) is 7.27. The molecule has 0 radical (unpaired) electrons. The number of methoxy groups -OCH3 is 1. The highest BCUT2D eigenvalue weighted by Crippen LogP contribution is 2.04. The molecule has 1 aromatic heterocycles. The highest BCUT2D eigenvalue weighted by Gasteiger charge is 2.08. The lowest BCUT2D eigenvalue weighted by molar-refractivity contribution is 0.0946. The molecule has 0 saturated heterocycles. The van der Waals surface area contributed by atoms with E-state index in [1.807, 2.05) is 0 Å². The van der Waals surface area contributed by atoms with Crippen molar-refractivity contribution in [3.63, 3.8) is 0 Å². The standard InChI is InChI=1S/C16H19FN4O2/c1-23-10-2-8-18-16-19-9-7-14(21-16)15(22)20-11-12-3-5-13(17)6-4-12/h3-7,9H,2,8,10-11H2,1H3,(H,20,22)(H,18,19,21). The molecule has 7 heteroatoms. The number of amides is 1. The van der Waals surface area contributed by atoms with Crippen LogP contribution in [0.25, 0.3) is 0 Å². The third-order valence-corrected chi connectivity index (χ3v) is 3.06.